The SMILES string of the molecule is CCCCCN=C(NCC)N1CCN(C(=O)C2CCCO2)CC1.I. The number of rotatable bonds is 6. The number of hydrogen-bond donors (Lipinski definition) is 1. The largest absolute Gasteiger partial charge is 0.368 e. The first kappa shape index (κ1) is 21.5. The molecule has 2 aliphatic heterocycles. The summed E-state index contributed by atoms with van der Waals surface area (Å²) in [6.45, 7) is 10.0. The second kappa shape index (κ2) is 11.9. The molecule has 0 radical (unpaired) electrons. The first-order valence-corrected chi connectivity index (χ1v) is 9.20. The monoisotopic (exact) mass is 452 g/mol. The molecule has 6 nitrogen and oxygen atoms in total. The number of nitrogens with one attached hydrogen (secondary N) is 1. The molecule has 2 heterocycles. The maximum atomic E-state index is 12.4. The van der Waals surface area contributed by atoms with Gasteiger partial charge in [-0.15, -0.1) is 24.0 Å². The highest BCUT2D eigenvalue weighted by Gasteiger charge is 2.30. The number of carbonyl (C=O) groups excluding carboxylic acids is 1. The zero-order chi connectivity index (χ0) is 16.5. The molecule has 7 heteroatoms. The van der Waals surface area contributed by atoms with Crippen LogP contribution >= 0.6 is 24.0 Å². The van der Waals surface area contributed by atoms with E-state index in [1.54, 1.807) is 0 Å². The van der Waals surface area contributed by atoms with E-state index in [9.17, 15) is 4.79 Å². The van der Waals surface area contributed by atoms with Gasteiger partial charge in [0, 0.05) is 45.9 Å². The number of amides is 1. The van der Waals surface area contributed by atoms with Crippen LogP contribution in [0.25, 0.3) is 0 Å². The fraction of sp³-hybridized carbons (Fsp3) is 0.882. The predicted molar refractivity (Wildman–Crippen MR) is 108 cm³/mol. The lowest BCUT2D eigenvalue weighted by atomic mass is 10.2. The Morgan fingerprint density at radius 1 is 1.17 bits per heavy atom. The Labute approximate surface area is 163 Å². The molecule has 0 aromatic carbocycles. The van der Waals surface area contributed by atoms with E-state index >= 15 is 0 Å². The highest BCUT2D eigenvalue weighted by Crippen LogP contribution is 2.16. The lowest BCUT2D eigenvalue weighted by Crippen LogP contribution is -2.55. The minimum absolute atomic E-state index is 0. The summed E-state index contributed by atoms with van der Waals surface area (Å²) < 4.78 is 5.52. The van der Waals surface area contributed by atoms with Gasteiger partial charge in [0.15, 0.2) is 5.96 Å². The topological polar surface area (TPSA) is 57.2 Å². The van der Waals surface area contributed by atoms with Crippen LogP contribution in [-0.4, -0.2) is 73.6 Å². The maximum absolute atomic E-state index is 12.4. The zero-order valence-electron chi connectivity index (χ0n) is 15.1. The van der Waals surface area contributed by atoms with Crippen LogP contribution < -0.4 is 5.32 Å². The number of nitrogens with zero attached hydrogens (tertiary/aromatic N) is 3. The molecule has 2 saturated heterocycles. The predicted octanol–water partition coefficient (Wildman–Crippen LogP) is 2.08. The van der Waals surface area contributed by atoms with Gasteiger partial charge in [0.2, 0.25) is 0 Å². The molecule has 24 heavy (non-hydrogen) atoms. The normalized spacial score (nSPS) is 21.6. The van der Waals surface area contributed by atoms with Crippen LogP contribution in [0.3, 0.4) is 0 Å². The third-order valence-corrected chi connectivity index (χ3v) is 4.45. The Morgan fingerprint density at radius 3 is 2.46 bits per heavy atom. The first-order chi connectivity index (χ1) is 11.3. The van der Waals surface area contributed by atoms with E-state index in [4.69, 9.17) is 9.73 Å². The van der Waals surface area contributed by atoms with Crippen molar-refractivity contribution in [3.63, 3.8) is 0 Å². The Bertz CT molecular complexity index is 392. The Morgan fingerprint density at radius 2 is 1.88 bits per heavy atom. The molecule has 1 N–H and O–H groups in total. The standard InChI is InChI=1S/C17H32N4O2.HI/c1-3-5-6-9-19-17(18-4-2)21-12-10-20(11-13-21)16(22)15-8-7-14-23-15;/h15H,3-14H2,1-2H3,(H,18,19);1H. The third kappa shape index (κ3) is 6.38. The van der Waals surface area contributed by atoms with E-state index in [2.05, 4.69) is 24.1 Å². The van der Waals surface area contributed by atoms with Crippen LogP contribution in [0, 0.1) is 0 Å². The molecule has 0 bridgehead atoms. The van der Waals surface area contributed by atoms with Gasteiger partial charge >= 0.3 is 0 Å². The molecule has 1 unspecified atom stereocenters. The molecule has 0 spiro atoms. The molecule has 0 aliphatic carbocycles. The van der Waals surface area contributed by atoms with E-state index in [1.165, 1.54) is 12.8 Å². The van der Waals surface area contributed by atoms with Crippen molar-refractivity contribution < 1.29 is 9.53 Å². The molecule has 0 saturated carbocycles. The molecule has 1 amide bonds. The van der Waals surface area contributed by atoms with Gasteiger partial charge in [-0.3, -0.25) is 9.79 Å². The summed E-state index contributed by atoms with van der Waals surface area (Å²) in [7, 11) is 0. The van der Waals surface area contributed by atoms with Crippen LogP contribution in [-0.2, 0) is 9.53 Å². The highest BCUT2D eigenvalue weighted by molar-refractivity contribution is 14.0. The summed E-state index contributed by atoms with van der Waals surface area (Å²) >= 11 is 0. The first-order valence-electron chi connectivity index (χ1n) is 9.20. The van der Waals surface area contributed by atoms with Crippen LogP contribution in [0.15, 0.2) is 4.99 Å². The van der Waals surface area contributed by atoms with Crippen LogP contribution in [0.4, 0.5) is 0 Å². The lowest BCUT2D eigenvalue weighted by molar-refractivity contribution is -0.142. The molecular formula is C17H33IN4O2. The average molecular weight is 452 g/mol. The summed E-state index contributed by atoms with van der Waals surface area (Å²) in [5, 5.41) is 3.38. The average Bonchev–Trinajstić information content (AvgIpc) is 3.12. The molecule has 0 aromatic heterocycles. The van der Waals surface area contributed by atoms with Crippen molar-refractivity contribution >= 4 is 35.8 Å². The van der Waals surface area contributed by atoms with Crippen molar-refractivity contribution in [3.05, 3.63) is 0 Å². The van der Waals surface area contributed by atoms with E-state index in [1.807, 2.05) is 4.90 Å². The van der Waals surface area contributed by atoms with Gasteiger partial charge in [0.1, 0.15) is 6.10 Å². The minimum Gasteiger partial charge on any atom is -0.368 e. The minimum atomic E-state index is -0.197. The quantitative estimate of drug-likeness (QED) is 0.290. The van der Waals surface area contributed by atoms with Crippen molar-refractivity contribution in [1.82, 2.24) is 15.1 Å². The van der Waals surface area contributed by atoms with Crippen LogP contribution in [0.2, 0.25) is 0 Å². The lowest BCUT2D eigenvalue weighted by Gasteiger charge is -2.37. The van der Waals surface area contributed by atoms with E-state index in [0.717, 1.165) is 71.1 Å². The number of guanidine groups is 1. The van der Waals surface area contributed by atoms with Crippen molar-refractivity contribution in [3.8, 4) is 0 Å². The number of unbranched alkanes of at least 4 members (excludes halogenated alkanes) is 2. The number of ether oxygens (including phenoxy) is 1. The summed E-state index contributed by atoms with van der Waals surface area (Å²) in [6, 6.07) is 0. The molecule has 0 aromatic rings. The second-order valence-corrected chi connectivity index (χ2v) is 6.26. The van der Waals surface area contributed by atoms with Gasteiger partial charge in [-0.1, -0.05) is 19.8 Å². The summed E-state index contributed by atoms with van der Waals surface area (Å²) in [5.74, 6) is 1.17. The van der Waals surface area contributed by atoms with Gasteiger partial charge in [-0.25, -0.2) is 0 Å². The highest BCUT2D eigenvalue weighted by atomic mass is 127. The third-order valence-electron chi connectivity index (χ3n) is 4.45. The number of piperazine rings is 1. The molecule has 2 rings (SSSR count). The summed E-state index contributed by atoms with van der Waals surface area (Å²) in [5.41, 5.74) is 0. The second-order valence-electron chi connectivity index (χ2n) is 6.26. The number of halogens is 1. The van der Waals surface area contributed by atoms with Crippen molar-refractivity contribution in [2.45, 2.75) is 52.1 Å². The van der Waals surface area contributed by atoms with E-state index in [0.29, 0.717) is 0 Å². The summed E-state index contributed by atoms with van der Waals surface area (Å²) in [6.07, 6.45) is 5.27. The zero-order valence-corrected chi connectivity index (χ0v) is 17.5. The van der Waals surface area contributed by atoms with Crippen molar-refractivity contribution in [2.75, 3.05) is 45.9 Å². The van der Waals surface area contributed by atoms with Gasteiger partial charge < -0.3 is 19.9 Å². The Kier molecular flexibility index (Phi) is 10.6. The fourth-order valence-electron chi connectivity index (χ4n) is 3.09. The van der Waals surface area contributed by atoms with Crippen molar-refractivity contribution in [2.24, 2.45) is 4.99 Å². The molecule has 140 valence electrons. The Balaban J connectivity index is 0.00000288. The van der Waals surface area contributed by atoms with Gasteiger partial charge in [0.25, 0.3) is 5.91 Å². The Hall–Kier alpha value is -0.570. The van der Waals surface area contributed by atoms with Gasteiger partial charge in [-0.2, -0.15) is 0 Å². The maximum Gasteiger partial charge on any atom is 0.251 e. The van der Waals surface area contributed by atoms with E-state index in [-0.39, 0.29) is 36.0 Å². The van der Waals surface area contributed by atoms with Crippen LogP contribution in [0.5, 0.6) is 0 Å². The molecule has 2 aliphatic rings. The number of aliphatic imine (C=N–C) groups is 1. The smallest absolute Gasteiger partial charge is 0.251 e. The van der Waals surface area contributed by atoms with Gasteiger partial charge in [-0.05, 0) is 26.2 Å². The number of carbonyl (C=O) groups is 1. The van der Waals surface area contributed by atoms with Gasteiger partial charge in [0.05, 0.1) is 0 Å². The molecule has 1 atom stereocenters. The molecular weight excluding hydrogens is 419 g/mol. The van der Waals surface area contributed by atoms with Crippen molar-refractivity contribution in [1.29, 1.82) is 0 Å². The summed E-state index contributed by atoms with van der Waals surface area (Å²) in [4.78, 5) is 21.3. The fourth-order valence-corrected chi connectivity index (χ4v) is 3.09. The molecule has 2 fully saturated rings. The van der Waals surface area contributed by atoms with Crippen LogP contribution in [0.1, 0.15) is 46.0 Å². The number of hydrogen-bond acceptors (Lipinski definition) is 3. The van der Waals surface area contributed by atoms with E-state index < -0.39 is 0 Å².